The number of hydrogen-bond donors (Lipinski definition) is 1. The second-order valence-electron chi connectivity index (χ2n) is 6.37. The van der Waals surface area contributed by atoms with Gasteiger partial charge in [-0.05, 0) is 68.4 Å². The van der Waals surface area contributed by atoms with Crippen molar-refractivity contribution < 1.29 is 0 Å². The molecule has 0 saturated carbocycles. The van der Waals surface area contributed by atoms with E-state index in [1.54, 1.807) is 0 Å². The Kier molecular flexibility index (Phi) is 6.06. The van der Waals surface area contributed by atoms with Gasteiger partial charge in [0.1, 0.15) is 0 Å². The van der Waals surface area contributed by atoms with Gasteiger partial charge < -0.3 is 10.6 Å². The molecule has 2 nitrogen and oxygen atoms in total. The molecule has 1 aromatic rings. The summed E-state index contributed by atoms with van der Waals surface area (Å²) >= 11 is 3.46. The Labute approximate surface area is 131 Å². The monoisotopic (exact) mass is 338 g/mol. The van der Waals surface area contributed by atoms with Crippen LogP contribution in [0.2, 0.25) is 0 Å². The van der Waals surface area contributed by atoms with Crippen LogP contribution in [-0.2, 0) is 0 Å². The molecule has 0 spiro atoms. The molecule has 0 aliphatic carbocycles. The number of nitrogens with two attached hydrogens (primary N) is 1. The van der Waals surface area contributed by atoms with E-state index in [9.17, 15) is 0 Å². The SMILES string of the molecule is CC(C)C1CCN(CCC(N)c2ccc(Br)cc2)CC1. The average Bonchev–Trinajstić information content (AvgIpc) is 2.46. The Balaban J connectivity index is 1.74. The van der Waals surface area contributed by atoms with Crippen molar-refractivity contribution in [1.29, 1.82) is 0 Å². The highest BCUT2D eigenvalue weighted by Gasteiger charge is 2.21. The molecule has 1 aromatic carbocycles. The van der Waals surface area contributed by atoms with Crippen LogP contribution in [0.1, 0.15) is 44.7 Å². The third kappa shape index (κ3) is 4.57. The van der Waals surface area contributed by atoms with Gasteiger partial charge >= 0.3 is 0 Å². The minimum Gasteiger partial charge on any atom is -0.324 e. The number of hydrogen-bond acceptors (Lipinski definition) is 2. The summed E-state index contributed by atoms with van der Waals surface area (Å²) < 4.78 is 1.12. The third-order valence-electron chi connectivity index (χ3n) is 4.63. The summed E-state index contributed by atoms with van der Waals surface area (Å²) in [5.41, 5.74) is 7.54. The smallest absolute Gasteiger partial charge is 0.0307 e. The van der Waals surface area contributed by atoms with Gasteiger partial charge in [0.05, 0.1) is 0 Å². The minimum atomic E-state index is 0.158. The lowest BCUT2D eigenvalue weighted by atomic mass is 9.86. The molecule has 0 amide bonds. The van der Waals surface area contributed by atoms with Crippen LogP contribution in [0, 0.1) is 11.8 Å². The summed E-state index contributed by atoms with van der Waals surface area (Å²) in [4.78, 5) is 2.58. The first-order valence-electron chi connectivity index (χ1n) is 7.79. The van der Waals surface area contributed by atoms with Crippen molar-refractivity contribution in [2.45, 2.75) is 39.2 Å². The summed E-state index contributed by atoms with van der Waals surface area (Å²) in [7, 11) is 0. The van der Waals surface area contributed by atoms with E-state index < -0.39 is 0 Å². The number of halogens is 1. The predicted octanol–water partition coefficient (Wildman–Crippen LogP) is 4.21. The van der Waals surface area contributed by atoms with Gasteiger partial charge in [0, 0.05) is 10.5 Å². The van der Waals surface area contributed by atoms with Crippen LogP contribution in [0.25, 0.3) is 0 Å². The van der Waals surface area contributed by atoms with Crippen molar-refractivity contribution in [3.05, 3.63) is 34.3 Å². The number of nitrogens with zero attached hydrogens (tertiary/aromatic N) is 1. The summed E-state index contributed by atoms with van der Waals surface area (Å²) in [6, 6.07) is 8.55. The molecule has 1 aliphatic heterocycles. The molecule has 0 radical (unpaired) electrons. The van der Waals surface area contributed by atoms with Crippen LogP contribution >= 0.6 is 15.9 Å². The zero-order chi connectivity index (χ0) is 14.5. The van der Waals surface area contributed by atoms with Crippen molar-refractivity contribution in [2.24, 2.45) is 17.6 Å². The highest BCUT2D eigenvalue weighted by Crippen LogP contribution is 2.25. The largest absolute Gasteiger partial charge is 0.324 e. The van der Waals surface area contributed by atoms with Crippen LogP contribution < -0.4 is 5.73 Å². The van der Waals surface area contributed by atoms with Gasteiger partial charge in [-0.2, -0.15) is 0 Å². The molecule has 0 bridgehead atoms. The zero-order valence-electron chi connectivity index (χ0n) is 12.7. The number of likely N-dealkylation sites (tertiary alicyclic amines) is 1. The topological polar surface area (TPSA) is 29.3 Å². The Morgan fingerprint density at radius 3 is 2.35 bits per heavy atom. The zero-order valence-corrected chi connectivity index (χ0v) is 14.3. The molecular formula is C17H27BrN2. The van der Waals surface area contributed by atoms with Gasteiger partial charge in [0.25, 0.3) is 0 Å². The molecule has 1 unspecified atom stereocenters. The molecule has 2 rings (SSSR count). The van der Waals surface area contributed by atoms with Crippen molar-refractivity contribution >= 4 is 15.9 Å². The van der Waals surface area contributed by atoms with Crippen LogP contribution in [0.5, 0.6) is 0 Å². The molecule has 1 saturated heterocycles. The van der Waals surface area contributed by atoms with Crippen molar-refractivity contribution in [3.63, 3.8) is 0 Å². The molecule has 112 valence electrons. The Hall–Kier alpha value is -0.380. The highest BCUT2D eigenvalue weighted by atomic mass is 79.9. The predicted molar refractivity (Wildman–Crippen MR) is 89.7 cm³/mol. The molecule has 1 heterocycles. The van der Waals surface area contributed by atoms with Crippen LogP contribution in [0.4, 0.5) is 0 Å². The van der Waals surface area contributed by atoms with Gasteiger partial charge in [-0.15, -0.1) is 0 Å². The van der Waals surface area contributed by atoms with Gasteiger partial charge in [-0.25, -0.2) is 0 Å². The molecule has 2 N–H and O–H groups in total. The summed E-state index contributed by atoms with van der Waals surface area (Å²) in [6.45, 7) is 8.32. The molecule has 1 fully saturated rings. The number of benzene rings is 1. The van der Waals surface area contributed by atoms with E-state index in [0.717, 1.165) is 29.3 Å². The van der Waals surface area contributed by atoms with Gasteiger partial charge in [-0.1, -0.05) is 41.9 Å². The van der Waals surface area contributed by atoms with Gasteiger partial charge in [0.2, 0.25) is 0 Å². The lowest BCUT2D eigenvalue weighted by molar-refractivity contribution is 0.154. The first-order valence-corrected chi connectivity index (χ1v) is 8.59. The Morgan fingerprint density at radius 1 is 1.20 bits per heavy atom. The van der Waals surface area contributed by atoms with Crippen molar-refractivity contribution in [3.8, 4) is 0 Å². The second-order valence-corrected chi connectivity index (χ2v) is 7.29. The number of piperidine rings is 1. The van der Waals surface area contributed by atoms with E-state index in [2.05, 4.69) is 58.9 Å². The van der Waals surface area contributed by atoms with E-state index >= 15 is 0 Å². The summed E-state index contributed by atoms with van der Waals surface area (Å²) in [5.74, 6) is 1.76. The maximum atomic E-state index is 6.30. The molecule has 1 atom stereocenters. The van der Waals surface area contributed by atoms with Crippen LogP contribution in [0.3, 0.4) is 0 Å². The van der Waals surface area contributed by atoms with Crippen LogP contribution in [0.15, 0.2) is 28.7 Å². The van der Waals surface area contributed by atoms with Crippen molar-refractivity contribution in [1.82, 2.24) is 4.90 Å². The third-order valence-corrected chi connectivity index (χ3v) is 5.16. The molecule has 0 aromatic heterocycles. The Morgan fingerprint density at radius 2 is 1.80 bits per heavy atom. The average molecular weight is 339 g/mol. The van der Waals surface area contributed by atoms with E-state index in [-0.39, 0.29) is 6.04 Å². The molecule has 1 aliphatic rings. The first kappa shape index (κ1) is 16.0. The lowest BCUT2D eigenvalue weighted by Crippen LogP contribution is -2.36. The summed E-state index contributed by atoms with van der Waals surface area (Å²) in [6.07, 6.45) is 3.75. The molecule has 20 heavy (non-hydrogen) atoms. The van der Waals surface area contributed by atoms with Crippen LogP contribution in [-0.4, -0.2) is 24.5 Å². The van der Waals surface area contributed by atoms with E-state index in [1.165, 1.54) is 31.5 Å². The minimum absolute atomic E-state index is 0.158. The van der Waals surface area contributed by atoms with Gasteiger partial charge in [-0.3, -0.25) is 0 Å². The van der Waals surface area contributed by atoms with Gasteiger partial charge in [0.15, 0.2) is 0 Å². The van der Waals surface area contributed by atoms with Crippen molar-refractivity contribution in [2.75, 3.05) is 19.6 Å². The standard InChI is InChI=1S/C17H27BrN2/c1-13(2)14-7-10-20(11-8-14)12-9-17(19)15-3-5-16(18)6-4-15/h3-6,13-14,17H,7-12,19H2,1-2H3. The quantitative estimate of drug-likeness (QED) is 0.871. The summed E-state index contributed by atoms with van der Waals surface area (Å²) in [5, 5.41) is 0. The second kappa shape index (κ2) is 7.58. The fraction of sp³-hybridized carbons (Fsp3) is 0.647. The Bertz CT molecular complexity index is 394. The van der Waals surface area contributed by atoms with E-state index in [0.29, 0.717) is 0 Å². The lowest BCUT2D eigenvalue weighted by Gasteiger charge is -2.34. The number of rotatable bonds is 5. The normalized spacial score (nSPS) is 19.4. The first-order chi connectivity index (χ1) is 9.56. The van der Waals surface area contributed by atoms with E-state index in [4.69, 9.17) is 5.73 Å². The highest BCUT2D eigenvalue weighted by molar-refractivity contribution is 9.10. The molecular weight excluding hydrogens is 312 g/mol. The fourth-order valence-electron chi connectivity index (χ4n) is 3.04. The fourth-order valence-corrected chi connectivity index (χ4v) is 3.31. The molecule has 3 heteroatoms. The van der Waals surface area contributed by atoms with E-state index in [1.807, 2.05) is 0 Å². The maximum absolute atomic E-state index is 6.30. The maximum Gasteiger partial charge on any atom is 0.0307 e.